The summed E-state index contributed by atoms with van der Waals surface area (Å²) in [5.41, 5.74) is 5.92. The predicted molar refractivity (Wildman–Crippen MR) is 370 cm³/mol. The minimum atomic E-state index is -2.03. The first-order chi connectivity index (χ1) is 49.5. The third kappa shape index (κ3) is 26.9. The van der Waals surface area contributed by atoms with E-state index in [0.29, 0.717) is 5.56 Å². The summed E-state index contributed by atoms with van der Waals surface area (Å²) in [4.78, 5) is 205. The minimum Gasteiger partial charge on any atom is -0.508 e. The maximum absolute atomic E-state index is 14.2. The number of aliphatic hydroxyl groups excluding tert-OH is 8. The molecule has 19 atom stereocenters. The van der Waals surface area contributed by atoms with Crippen molar-refractivity contribution >= 4 is 88.7 Å². The summed E-state index contributed by atoms with van der Waals surface area (Å²) in [6.07, 6.45) is -8.56. The van der Waals surface area contributed by atoms with Gasteiger partial charge in [-0.05, 0) is 102 Å². The molecule has 2 aliphatic rings. The molecular formula is C66H107N15O25. The van der Waals surface area contributed by atoms with Gasteiger partial charge in [0.25, 0.3) is 0 Å². The molecule has 2 heterocycles. The summed E-state index contributed by atoms with van der Waals surface area (Å²) in [7, 11) is 0. The fourth-order valence-corrected chi connectivity index (χ4v) is 11.3. The van der Waals surface area contributed by atoms with Crippen LogP contribution in [0.1, 0.15) is 114 Å². The van der Waals surface area contributed by atoms with E-state index in [1.807, 2.05) is 0 Å². The van der Waals surface area contributed by atoms with Gasteiger partial charge in [-0.1, -0.05) is 53.7 Å². The molecule has 1 aromatic rings. The lowest BCUT2D eigenvalue weighted by Crippen LogP contribution is -2.64. The maximum atomic E-state index is 14.2. The van der Waals surface area contributed by atoms with Crippen LogP contribution in [-0.2, 0) is 78.3 Å². The Morgan fingerprint density at radius 1 is 0.425 bits per heavy atom. The van der Waals surface area contributed by atoms with Gasteiger partial charge in [0.15, 0.2) is 0 Å². The Bertz CT molecular complexity index is 3230. The van der Waals surface area contributed by atoms with E-state index >= 15 is 0 Å². The molecule has 0 aromatic heterocycles. The second-order valence-electron chi connectivity index (χ2n) is 27.5. The number of aliphatic carboxylic acids is 1. The molecule has 2 fully saturated rings. The van der Waals surface area contributed by atoms with Crippen LogP contribution in [0.3, 0.4) is 0 Å². The second-order valence-corrected chi connectivity index (χ2v) is 27.5. The first-order valence-corrected chi connectivity index (χ1v) is 34.7. The first-order valence-electron chi connectivity index (χ1n) is 34.7. The highest BCUT2D eigenvalue weighted by Gasteiger charge is 2.45. The van der Waals surface area contributed by atoms with E-state index in [-0.39, 0.29) is 63.3 Å². The lowest BCUT2D eigenvalue weighted by molar-refractivity contribution is -0.145. The fourth-order valence-electron chi connectivity index (χ4n) is 11.3. The van der Waals surface area contributed by atoms with Crippen molar-refractivity contribution in [1.29, 1.82) is 0 Å². The van der Waals surface area contributed by atoms with Gasteiger partial charge in [-0.25, -0.2) is 4.79 Å². The molecule has 106 heavy (non-hydrogen) atoms. The number of nitrogens with two attached hydrogens (primary N) is 1. The van der Waals surface area contributed by atoms with Gasteiger partial charge < -0.3 is 130 Å². The quantitative estimate of drug-likeness (QED) is 0.0289. The molecule has 0 radical (unpaired) electrons. The van der Waals surface area contributed by atoms with Crippen molar-refractivity contribution in [2.24, 2.45) is 23.5 Å². The number of nitrogens with one attached hydrogen (secondary N) is 12. The number of carboxylic acids is 1. The van der Waals surface area contributed by atoms with Crippen LogP contribution in [0.15, 0.2) is 24.3 Å². The molecule has 0 unspecified atom stereocenters. The molecule has 2 saturated heterocycles. The minimum absolute atomic E-state index is 0.0239. The standard InChI is InChI=1S/C66H107N15O25/c1-28(2)22-40(66(105)106)70-59(98)47(30(5)6)75-54(93)39(23-36-16-18-37(90)19-17-36)69-61(100)48(31(7)85)77-58(97)44-15-13-21-81(44)64(103)51(34(10)88)73-45(91)24-68-57(96)43-14-12-20-80(43)65(104)52(35(11)89)79-56(95)42(27-84)72-62(101)49(32(8)86)78-63(102)50(33(9)87)76-55(94)41(26-83)71-60(99)46(29(3)4)74-53(92)38(67)25-82/h16-19,28-35,38-44,46-52,82-90H,12-15,20-27,67H2,1-11H3,(H,68,96)(H,69,100)(H,70,98)(H,71,99)(H,72,101)(H,73,91)(H,74,92)(H,75,93)(H,76,94)(H,77,97)(H,78,102)(H,79,95)(H,105,106)/t31-,32-,33-,34-,35-,38+,39+,40+,41+,42+,43+,44+,46+,47+,48+,49+,50+,51+,52+/m1/s1. The van der Waals surface area contributed by atoms with Gasteiger partial charge in [0.05, 0.1) is 56.9 Å². The van der Waals surface area contributed by atoms with Crippen LogP contribution in [0.4, 0.5) is 0 Å². The molecule has 40 nitrogen and oxygen atoms in total. The number of aromatic hydroxyl groups is 1. The van der Waals surface area contributed by atoms with E-state index in [4.69, 9.17) is 5.73 Å². The van der Waals surface area contributed by atoms with Gasteiger partial charge >= 0.3 is 5.97 Å². The van der Waals surface area contributed by atoms with Gasteiger partial charge in [0.1, 0.15) is 90.3 Å². The summed E-state index contributed by atoms with van der Waals surface area (Å²) in [6.45, 7) is 10.9. The molecule has 24 N–H and O–H groups in total. The Balaban J connectivity index is 1.71. The zero-order valence-electron chi connectivity index (χ0n) is 61.1. The van der Waals surface area contributed by atoms with E-state index in [1.165, 1.54) is 38.1 Å². The second kappa shape index (κ2) is 42.8. The number of hydrogen-bond donors (Lipinski definition) is 23. The highest BCUT2D eigenvalue weighted by Crippen LogP contribution is 2.23. The lowest BCUT2D eigenvalue weighted by atomic mass is 9.99. The number of phenolic OH excluding ortho intramolecular Hbond substituents is 1. The predicted octanol–water partition coefficient (Wildman–Crippen LogP) is -9.98. The highest BCUT2D eigenvalue weighted by molar-refractivity contribution is 6.01. The van der Waals surface area contributed by atoms with Crippen molar-refractivity contribution in [2.75, 3.05) is 39.5 Å². The van der Waals surface area contributed by atoms with E-state index in [1.54, 1.807) is 27.7 Å². The zero-order chi connectivity index (χ0) is 80.5. The molecular weight excluding hydrogens is 1400 g/mol. The third-order valence-electron chi connectivity index (χ3n) is 17.4. The number of carbonyl (C=O) groups is 15. The summed E-state index contributed by atoms with van der Waals surface area (Å²) in [5.74, 6) is -17.9. The van der Waals surface area contributed by atoms with Crippen LogP contribution in [0.2, 0.25) is 0 Å². The normalized spacial score (nSPS) is 19.2. The number of nitrogens with zero attached hydrogens (tertiary/aromatic N) is 2. The number of amides is 14. The van der Waals surface area contributed by atoms with Crippen LogP contribution in [-0.4, -0.2) is 304 Å². The lowest BCUT2D eigenvalue weighted by Gasteiger charge is -2.32. The summed E-state index contributed by atoms with van der Waals surface area (Å²) in [5, 5.41) is 131. The Morgan fingerprint density at radius 3 is 1.18 bits per heavy atom. The Hall–Kier alpha value is -9.29. The molecule has 0 spiro atoms. The molecule has 3 rings (SSSR count). The molecule has 14 amide bonds. The maximum Gasteiger partial charge on any atom is 0.326 e. The van der Waals surface area contributed by atoms with Crippen LogP contribution < -0.4 is 69.5 Å². The molecule has 2 aliphatic heterocycles. The number of aliphatic hydroxyl groups is 8. The van der Waals surface area contributed by atoms with E-state index < -0.39 is 242 Å². The zero-order valence-corrected chi connectivity index (χ0v) is 61.1. The van der Waals surface area contributed by atoms with Crippen molar-refractivity contribution in [3.05, 3.63) is 29.8 Å². The van der Waals surface area contributed by atoms with Crippen molar-refractivity contribution in [3.8, 4) is 5.75 Å². The van der Waals surface area contributed by atoms with E-state index in [9.17, 15) is 123 Å². The fraction of sp³-hybridized carbons (Fsp3) is 0.682. The molecule has 40 heteroatoms. The molecule has 0 bridgehead atoms. The molecule has 0 saturated carbocycles. The van der Waals surface area contributed by atoms with Crippen LogP contribution in [0.25, 0.3) is 0 Å². The average Bonchev–Trinajstić information content (AvgIpc) is 1.62. The first kappa shape index (κ1) is 90.9. The smallest absolute Gasteiger partial charge is 0.326 e. The van der Waals surface area contributed by atoms with Crippen molar-refractivity contribution in [2.45, 2.75) is 230 Å². The Morgan fingerprint density at radius 2 is 0.774 bits per heavy atom. The number of carboxylic acid groups (broad SMARTS) is 1. The molecule has 0 aliphatic carbocycles. The van der Waals surface area contributed by atoms with Crippen LogP contribution in [0, 0.1) is 17.8 Å². The van der Waals surface area contributed by atoms with Crippen molar-refractivity contribution in [3.63, 3.8) is 0 Å². The average molecular weight is 1510 g/mol. The Kier molecular flexibility index (Phi) is 36.7. The monoisotopic (exact) mass is 1510 g/mol. The summed E-state index contributed by atoms with van der Waals surface area (Å²) < 4.78 is 0. The van der Waals surface area contributed by atoms with E-state index in [0.717, 1.165) is 44.4 Å². The summed E-state index contributed by atoms with van der Waals surface area (Å²) in [6, 6.07) is -17.4. The molecule has 1 aromatic carbocycles. The van der Waals surface area contributed by atoms with Crippen LogP contribution in [0.5, 0.6) is 5.75 Å². The van der Waals surface area contributed by atoms with Gasteiger partial charge in [-0.3, -0.25) is 67.1 Å². The number of phenols is 1. The highest BCUT2D eigenvalue weighted by atomic mass is 16.4. The molecule has 596 valence electrons. The third-order valence-corrected chi connectivity index (χ3v) is 17.4. The van der Waals surface area contributed by atoms with Crippen molar-refractivity contribution in [1.82, 2.24) is 73.6 Å². The largest absolute Gasteiger partial charge is 0.508 e. The van der Waals surface area contributed by atoms with Crippen molar-refractivity contribution < 1.29 is 123 Å². The number of hydrogen-bond acceptors (Lipinski definition) is 25. The number of carbonyl (C=O) groups excluding carboxylic acids is 14. The van der Waals surface area contributed by atoms with Gasteiger partial charge in [0.2, 0.25) is 82.7 Å². The van der Waals surface area contributed by atoms with Gasteiger partial charge in [-0.15, -0.1) is 0 Å². The number of rotatable bonds is 41. The van der Waals surface area contributed by atoms with Crippen LogP contribution >= 0.6 is 0 Å². The SMILES string of the molecule is CC(C)C[C@H](NC(=O)[C@@H](NC(=O)[C@H](Cc1ccc(O)cc1)NC(=O)[C@@H](NC(=O)[C@@H]1CCCN1C(=O)[C@@H](NC(=O)CNC(=O)[C@@H]1CCCN1C(=O)[C@@H](NC(=O)[C@H](CO)NC(=O)[C@@H](NC(=O)[C@@H](NC(=O)[C@H](CO)NC(=O)[C@@H](NC(=O)[C@@H](N)CO)C(C)C)[C@@H](C)O)[C@@H](C)O)[C@@H](C)O)[C@@H](C)O)[C@@H](C)O)C(C)C)C(=O)O. The van der Waals surface area contributed by atoms with Gasteiger partial charge in [-0.2, -0.15) is 0 Å². The topological polar surface area (TPSA) is 635 Å². The summed E-state index contributed by atoms with van der Waals surface area (Å²) >= 11 is 0. The van der Waals surface area contributed by atoms with Gasteiger partial charge in [0, 0.05) is 19.5 Å². The van der Waals surface area contributed by atoms with E-state index in [2.05, 4.69) is 63.8 Å². The number of benzene rings is 1. The Labute approximate surface area is 611 Å². The number of likely N-dealkylation sites (tertiary alicyclic amines) is 2.